The molecule has 0 aliphatic carbocycles. The highest BCUT2D eigenvalue weighted by Gasteiger charge is 2.17. The predicted octanol–water partition coefficient (Wildman–Crippen LogP) is 2.53. The SMILES string of the molecule is Cc1ccccc1CNC(=O)COC(=O)c1cc(S(C)(=O)=O)ccc1Cl. The molecule has 1 amide bonds. The molecule has 1 N–H and O–H groups in total. The second kappa shape index (κ2) is 8.33. The van der Waals surface area contributed by atoms with E-state index in [0.29, 0.717) is 6.54 Å². The summed E-state index contributed by atoms with van der Waals surface area (Å²) in [5.41, 5.74) is 1.88. The number of halogens is 1. The van der Waals surface area contributed by atoms with Crippen molar-refractivity contribution in [2.24, 2.45) is 0 Å². The Labute approximate surface area is 157 Å². The molecular weight excluding hydrogens is 378 g/mol. The molecular formula is C18H18ClNO5S. The van der Waals surface area contributed by atoms with Crippen LogP contribution in [0.3, 0.4) is 0 Å². The zero-order valence-electron chi connectivity index (χ0n) is 14.3. The number of aryl methyl sites for hydroxylation is 1. The van der Waals surface area contributed by atoms with Crippen LogP contribution in [-0.4, -0.2) is 33.2 Å². The van der Waals surface area contributed by atoms with Crippen LogP contribution < -0.4 is 5.32 Å². The molecule has 0 bridgehead atoms. The first-order valence-electron chi connectivity index (χ1n) is 7.66. The van der Waals surface area contributed by atoms with E-state index in [-0.39, 0.29) is 15.5 Å². The van der Waals surface area contributed by atoms with Crippen LogP contribution in [0.25, 0.3) is 0 Å². The van der Waals surface area contributed by atoms with Gasteiger partial charge in [-0.2, -0.15) is 0 Å². The molecule has 138 valence electrons. The predicted molar refractivity (Wildman–Crippen MR) is 97.9 cm³/mol. The number of hydrogen-bond acceptors (Lipinski definition) is 5. The quantitative estimate of drug-likeness (QED) is 0.759. The minimum atomic E-state index is -3.50. The monoisotopic (exact) mass is 395 g/mol. The Morgan fingerprint density at radius 3 is 2.50 bits per heavy atom. The maximum atomic E-state index is 12.1. The fourth-order valence-electron chi connectivity index (χ4n) is 2.15. The third-order valence-electron chi connectivity index (χ3n) is 3.66. The van der Waals surface area contributed by atoms with Gasteiger partial charge in [0.2, 0.25) is 0 Å². The number of carbonyl (C=O) groups excluding carboxylic acids is 2. The maximum absolute atomic E-state index is 12.1. The first-order chi connectivity index (χ1) is 12.2. The fraction of sp³-hybridized carbons (Fsp3) is 0.222. The van der Waals surface area contributed by atoms with E-state index < -0.39 is 28.3 Å². The number of hydrogen-bond donors (Lipinski definition) is 1. The number of rotatable bonds is 6. The van der Waals surface area contributed by atoms with Gasteiger partial charge < -0.3 is 10.1 Å². The molecule has 26 heavy (non-hydrogen) atoms. The molecule has 6 nitrogen and oxygen atoms in total. The van der Waals surface area contributed by atoms with Gasteiger partial charge in [0, 0.05) is 12.8 Å². The Morgan fingerprint density at radius 1 is 1.15 bits per heavy atom. The van der Waals surface area contributed by atoms with E-state index in [2.05, 4.69) is 5.32 Å². The molecule has 0 fully saturated rings. The lowest BCUT2D eigenvalue weighted by Gasteiger charge is -2.09. The summed E-state index contributed by atoms with van der Waals surface area (Å²) < 4.78 is 28.1. The van der Waals surface area contributed by atoms with E-state index in [1.165, 1.54) is 12.1 Å². The Bertz CT molecular complexity index is 940. The van der Waals surface area contributed by atoms with Crippen LogP contribution >= 0.6 is 11.6 Å². The van der Waals surface area contributed by atoms with Gasteiger partial charge in [-0.25, -0.2) is 13.2 Å². The van der Waals surface area contributed by atoms with Crippen molar-refractivity contribution in [3.63, 3.8) is 0 Å². The minimum absolute atomic E-state index is 0.0442. The van der Waals surface area contributed by atoms with E-state index in [1.807, 2.05) is 31.2 Å². The number of ether oxygens (including phenoxy) is 1. The highest BCUT2D eigenvalue weighted by atomic mass is 35.5. The van der Waals surface area contributed by atoms with E-state index >= 15 is 0 Å². The van der Waals surface area contributed by atoms with E-state index in [0.717, 1.165) is 23.4 Å². The van der Waals surface area contributed by atoms with Gasteiger partial charge in [0.1, 0.15) is 0 Å². The third kappa shape index (κ3) is 5.31. The number of amides is 1. The second-order valence-corrected chi connectivity index (χ2v) is 8.12. The van der Waals surface area contributed by atoms with E-state index in [4.69, 9.17) is 16.3 Å². The Kier molecular flexibility index (Phi) is 6.39. The average Bonchev–Trinajstić information content (AvgIpc) is 2.58. The molecule has 0 aliphatic rings. The average molecular weight is 396 g/mol. The van der Waals surface area contributed by atoms with Gasteiger partial charge in [0.05, 0.1) is 15.5 Å². The van der Waals surface area contributed by atoms with E-state index in [1.54, 1.807) is 0 Å². The van der Waals surface area contributed by atoms with Gasteiger partial charge >= 0.3 is 5.97 Å². The summed E-state index contributed by atoms with van der Waals surface area (Å²) in [6.45, 7) is 1.75. The van der Waals surface area contributed by atoms with Crippen LogP contribution in [-0.2, 0) is 25.9 Å². The summed E-state index contributed by atoms with van der Waals surface area (Å²) in [6.07, 6.45) is 1.02. The highest BCUT2D eigenvalue weighted by Crippen LogP contribution is 2.21. The van der Waals surface area contributed by atoms with Crippen LogP contribution in [0.5, 0.6) is 0 Å². The fourth-order valence-corrected chi connectivity index (χ4v) is 3.00. The lowest BCUT2D eigenvalue weighted by molar-refractivity contribution is -0.124. The van der Waals surface area contributed by atoms with Crippen molar-refractivity contribution in [3.05, 3.63) is 64.2 Å². The van der Waals surface area contributed by atoms with Crippen molar-refractivity contribution in [2.45, 2.75) is 18.4 Å². The number of benzene rings is 2. The number of carbonyl (C=O) groups is 2. The standard InChI is InChI=1S/C18H18ClNO5S/c1-12-5-3-4-6-13(12)10-20-17(21)11-25-18(22)15-9-14(26(2,23)24)7-8-16(15)19/h3-9H,10-11H2,1-2H3,(H,20,21). The first-order valence-corrected chi connectivity index (χ1v) is 9.93. The van der Waals surface area contributed by atoms with Crippen LogP contribution in [0.4, 0.5) is 0 Å². The van der Waals surface area contributed by atoms with Crippen LogP contribution in [0, 0.1) is 6.92 Å². The van der Waals surface area contributed by atoms with Crippen molar-refractivity contribution >= 4 is 33.3 Å². The summed E-state index contributed by atoms with van der Waals surface area (Å²) in [5.74, 6) is -1.34. The van der Waals surface area contributed by atoms with Gasteiger partial charge in [0.15, 0.2) is 16.4 Å². The topological polar surface area (TPSA) is 89.5 Å². The lowest BCUT2D eigenvalue weighted by atomic mass is 10.1. The summed E-state index contributed by atoms with van der Waals surface area (Å²) in [6, 6.07) is 11.3. The molecule has 0 atom stereocenters. The van der Waals surface area contributed by atoms with Crippen LogP contribution in [0.1, 0.15) is 21.5 Å². The van der Waals surface area contributed by atoms with E-state index in [9.17, 15) is 18.0 Å². The molecule has 2 aromatic carbocycles. The molecule has 0 heterocycles. The summed E-state index contributed by atoms with van der Waals surface area (Å²) in [4.78, 5) is 23.9. The molecule has 0 saturated carbocycles. The van der Waals surface area contributed by atoms with Gasteiger partial charge in [-0.05, 0) is 36.2 Å². The van der Waals surface area contributed by atoms with Gasteiger partial charge in [-0.15, -0.1) is 0 Å². The molecule has 0 radical (unpaired) electrons. The molecule has 0 aliphatic heterocycles. The largest absolute Gasteiger partial charge is 0.452 e. The van der Waals surface area contributed by atoms with Crippen molar-refractivity contribution in [2.75, 3.05) is 12.9 Å². The second-order valence-electron chi connectivity index (χ2n) is 5.69. The molecule has 2 aromatic rings. The van der Waals surface area contributed by atoms with Crippen molar-refractivity contribution in [3.8, 4) is 0 Å². The van der Waals surface area contributed by atoms with Crippen molar-refractivity contribution in [1.82, 2.24) is 5.32 Å². The maximum Gasteiger partial charge on any atom is 0.340 e. The Balaban J connectivity index is 1.96. The van der Waals surface area contributed by atoms with Crippen molar-refractivity contribution in [1.29, 1.82) is 0 Å². The molecule has 0 unspecified atom stereocenters. The number of esters is 1. The highest BCUT2D eigenvalue weighted by molar-refractivity contribution is 7.90. The smallest absolute Gasteiger partial charge is 0.340 e. The van der Waals surface area contributed by atoms with Crippen LogP contribution in [0.15, 0.2) is 47.4 Å². The summed E-state index contributed by atoms with van der Waals surface area (Å²) >= 11 is 5.92. The van der Waals surface area contributed by atoms with Gasteiger partial charge in [-0.1, -0.05) is 35.9 Å². The molecule has 8 heteroatoms. The van der Waals surface area contributed by atoms with Gasteiger partial charge in [-0.3, -0.25) is 4.79 Å². The lowest BCUT2D eigenvalue weighted by Crippen LogP contribution is -2.28. The molecule has 0 spiro atoms. The molecule has 0 aromatic heterocycles. The van der Waals surface area contributed by atoms with Crippen molar-refractivity contribution < 1.29 is 22.7 Å². The summed E-state index contributed by atoms with van der Waals surface area (Å²) in [7, 11) is -3.50. The van der Waals surface area contributed by atoms with Gasteiger partial charge in [0.25, 0.3) is 5.91 Å². The number of nitrogens with one attached hydrogen (secondary N) is 1. The normalized spacial score (nSPS) is 11.0. The first kappa shape index (κ1) is 19.9. The minimum Gasteiger partial charge on any atom is -0.452 e. The van der Waals surface area contributed by atoms with Crippen LogP contribution in [0.2, 0.25) is 5.02 Å². The molecule has 2 rings (SSSR count). The zero-order valence-corrected chi connectivity index (χ0v) is 15.9. The molecule has 0 saturated heterocycles. The number of sulfone groups is 1. The third-order valence-corrected chi connectivity index (χ3v) is 5.10. The zero-order chi connectivity index (χ0) is 19.3. The Morgan fingerprint density at radius 2 is 1.85 bits per heavy atom. The Hall–Kier alpha value is -2.38. The summed E-state index contributed by atoms with van der Waals surface area (Å²) in [5, 5.41) is 2.70.